The standard InChI is InChI=1S/C10H10BrClO2/c1-6(13)10(12)7-2-3-8(5-11)9(14)4-7/h2-4,10,14H,5H2,1H3. The SMILES string of the molecule is CC(=O)C(Cl)c1ccc(CBr)c(O)c1. The second kappa shape index (κ2) is 4.80. The van der Waals surface area contributed by atoms with Crippen molar-refractivity contribution in [2.24, 2.45) is 0 Å². The summed E-state index contributed by atoms with van der Waals surface area (Å²) in [5, 5.41) is 9.42. The van der Waals surface area contributed by atoms with Crippen LogP contribution in [0.2, 0.25) is 0 Å². The number of phenols is 1. The molecule has 0 fully saturated rings. The molecular weight excluding hydrogens is 267 g/mol. The summed E-state index contributed by atoms with van der Waals surface area (Å²) in [5.74, 6) is 0.0314. The number of hydrogen-bond donors (Lipinski definition) is 1. The predicted molar refractivity (Wildman–Crippen MR) is 60.0 cm³/mol. The number of hydrogen-bond acceptors (Lipinski definition) is 2. The zero-order chi connectivity index (χ0) is 10.7. The molecule has 1 N–H and O–H groups in total. The van der Waals surface area contributed by atoms with Gasteiger partial charge in [0.15, 0.2) is 5.78 Å². The number of benzene rings is 1. The molecule has 1 atom stereocenters. The molecule has 0 heterocycles. The Balaban J connectivity index is 3.02. The molecule has 0 aliphatic carbocycles. The average Bonchev–Trinajstić information content (AvgIpc) is 2.16. The number of ketones is 1. The number of aromatic hydroxyl groups is 1. The highest BCUT2D eigenvalue weighted by molar-refractivity contribution is 9.08. The summed E-state index contributed by atoms with van der Waals surface area (Å²) in [6, 6.07) is 5.02. The Morgan fingerprint density at radius 1 is 1.64 bits per heavy atom. The molecular formula is C10H10BrClO2. The first-order valence-electron chi connectivity index (χ1n) is 4.08. The molecule has 0 amide bonds. The summed E-state index contributed by atoms with van der Waals surface area (Å²) in [4.78, 5) is 11.0. The number of phenolic OH excluding ortho intramolecular Hbond substituents is 1. The van der Waals surface area contributed by atoms with Crippen molar-refractivity contribution >= 4 is 33.3 Å². The third-order valence-electron chi connectivity index (χ3n) is 1.90. The van der Waals surface area contributed by atoms with Gasteiger partial charge in [-0.25, -0.2) is 0 Å². The highest BCUT2D eigenvalue weighted by Gasteiger charge is 2.14. The van der Waals surface area contributed by atoms with Crippen LogP contribution < -0.4 is 0 Å². The van der Waals surface area contributed by atoms with Crippen molar-refractivity contribution in [3.8, 4) is 5.75 Å². The first kappa shape index (κ1) is 11.5. The first-order chi connectivity index (χ1) is 6.56. The molecule has 0 aliphatic rings. The maximum absolute atomic E-state index is 11.0. The third-order valence-corrected chi connectivity index (χ3v) is 3.07. The minimum absolute atomic E-state index is 0.127. The summed E-state index contributed by atoms with van der Waals surface area (Å²) < 4.78 is 0. The van der Waals surface area contributed by atoms with Gasteiger partial charge in [0.05, 0.1) is 0 Å². The molecule has 0 aliphatic heterocycles. The van der Waals surface area contributed by atoms with Crippen molar-refractivity contribution in [2.75, 3.05) is 0 Å². The van der Waals surface area contributed by atoms with Gasteiger partial charge in [0.25, 0.3) is 0 Å². The highest BCUT2D eigenvalue weighted by atomic mass is 79.9. The summed E-state index contributed by atoms with van der Waals surface area (Å²) in [7, 11) is 0. The number of halogens is 2. The van der Waals surface area contributed by atoms with Crippen molar-refractivity contribution in [1.82, 2.24) is 0 Å². The quantitative estimate of drug-likeness (QED) is 0.862. The predicted octanol–water partition coefficient (Wildman–Crippen LogP) is 3.16. The lowest BCUT2D eigenvalue weighted by molar-refractivity contribution is -0.116. The van der Waals surface area contributed by atoms with Gasteiger partial charge in [-0.1, -0.05) is 28.1 Å². The lowest BCUT2D eigenvalue weighted by Crippen LogP contribution is -2.01. The van der Waals surface area contributed by atoms with Crippen LogP contribution in [0.25, 0.3) is 0 Å². The van der Waals surface area contributed by atoms with Gasteiger partial charge in [0.2, 0.25) is 0 Å². The largest absolute Gasteiger partial charge is 0.508 e. The molecule has 4 heteroatoms. The van der Waals surface area contributed by atoms with Gasteiger partial charge < -0.3 is 5.11 Å². The summed E-state index contributed by atoms with van der Waals surface area (Å²) in [5.41, 5.74) is 1.41. The molecule has 1 rings (SSSR count). The molecule has 2 nitrogen and oxygen atoms in total. The first-order valence-corrected chi connectivity index (χ1v) is 5.64. The van der Waals surface area contributed by atoms with Crippen LogP contribution in [-0.2, 0) is 10.1 Å². The van der Waals surface area contributed by atoms with E-state index in [2.05, 4.69) is 15.9 Å². The normalized spacial score (nSPS) is 12.5. The van der Waals surface area contributed by atoms with Crippen LogP contribution in [0.4, 0.5) is 0 Å². The van der Waals surface area contributed by atoms with E-state index in [1.807, 2.05) is 0 Å². The Labute approximate surface area is 96.0 Å². The van der Waals surface area contributed by atoms with Crippen molar-refractivity contribution in [1.29, 1.82) is 0 Å². The molecule has 0 bridgehead atoms. The fourth-order valence-electron chi connectivity index (χ4n) is 1.09. The lowest BCUT2D eigenvalue weighted by Gasteiger charge is -2.08. The van der Waals surface area contributed by atoms with Gasteiger partial charge >= 0.3 is 0 Å². The Hall–Kier alpha value is -0.540. The summed E-state index contributed by atoms with van der Waals surface area (Å²) >= 11 is 9.08. The van der Waals surface area contributed by atoms with Crippen molar-refractivity contribution in [3.05, 3.63) is 29.3 Å². The van der Waals surface area contributed by atoms with Crippen LogP contribution in [0.5, 0.6) is 5.75 Å². The van der Waals surface area contributed by atoms with E-state index in [1.54, 1.807) is 12.1 Å². The van der Waals surface area contributed by atoms with E-state index in [-0.39, 0.29) is 11.5 Å². The zero-order valence-electron chi connectivity index (χ0n) is 7.63. The average molecular weight is 278 g/mol. The molecule has 0 radical (unpaired) electrons. The second-order valence-corrected chi connectivity index (χ2v) is 3.99. The molecule has 14 heavy (non-hydrogen) atoms. The second-order valence-electron chi connectivity index (χ2n) is 2.99. The molecule has 1 unspecified atom stereocenters. The van der Waals surface area contributed by atoms with Gasteiger partial charge in [-0.2, -0.15) is 0 Å². The highest BCUT2D eigenvalue weighted by Crippen LogP contribution is 2.28. The smallest absolute Gasteiger partial charge is 0.152 e. The van der Waals surface area contributed by atoms with E-state index in [4.69, 9.17) is 11.6 Å². The van der Waals surface area contributed by atoms with E-state index in [0.29, 0.717) is 10.9 Å². The maximum Gasteiger partial charge on any atom is 0.152 e. The number of rotatable bonds is 3. The van der Waals surface area contributed by atoms with Gasteiger partial charge in [0, 0.05) is 10.9 Å². The lowest BCUT2D eigenvalue weighted by atomic mass is 10.1. The van der Waals surface area contributed by atoms with Crippen LogP contribution in [0, 0.1) is 0 Å². The Kier molecular flexibility index (Phi) is 3.96. The number of carbonyl (C=O) groups excluding carboxylic acids is 1. The fourth-order valence-corrected chi connectivity index (χ4v) is 1.70. The summed E-state index contributed by atoms with van der Waals surface area (Å²) in [6.45, 7) is 1.42. The van der Waals surface area contributed by atoms with Crippen LogP contribution in [0.3, 0.4) is 0 Å². The van der Waals surface area contributed by atoms with E-state index in [0.717, 1.165) is 5.56 Å². The minimum Gasteiger partial charge on any atom is -0.508 e. The maximum atomic E-state index is 11.0. The van der Waals surface area contributed by atoms with E-state index in [1.165, 1.54) is 13.0 Å². The van der Waals surface area contributed by atoms with Crippen molar-refractivity contribution in [3.63, 3.8) is 0 Å². The van der Waals surface area contributed by atoms with Crippen molar-refractivity contribution < 1.29 is 9.90 Å². The fraction of sp³-hybridized carbons (Fsp3) is 0.300. The van der Waals surface area contributed by atoms with Crippen LogP contribution in [0.1, 0.15) is 23.4 Å². The molecule has 0 aromatic heterocycles. The molecule has 0 spiro atoms. The zero-order valence-corrected chi connectivity index (χ0v) is 9.97. The van der Waals surface area contributed by atoms with Gasteiger partial charge in [-0.15, -0.1) is 11.6 Å². The Morgan fingerprint density at radius 3 is 2.71 bits per heavy atom. The van der Waals surface area contributed by atoms with Crippen molar-refractivity contribution in [2.45, 2.75) is 17.6 Å². The topological polar surface area (TPSA) is 37.3 Å². The van der Waals surface area contributed by atoms with E-state index in [9.17, 15) is 9.90 Å². The van der Waals surface area contributed by atoms with Gasteiger partial charge in [0.1, 0.15) is 11.1 Å². The van der Waals surface area contributed by atoms with Crippen LogP contribution in [-0.4, -0.2) is 10.9 Å². The Bertz CT molecular complexity index is 352. The Morgan fingerprint density at radius 2 is 2.29 bits per heavy atom. The third kappa shape index (κ3) is 2.49. The molecule has 1 aromatic rings. The monoisotopic (exact) mass is 276 g/mol. The van der Waals surface area contributed by atoms with Gasteiger partial charge in [-0.05, 0) is 18.6 Å². The van der Waals surface area contributed by atoms with Gasteiger partial charge in [-0.3, -0.25) is 4.79 Å². The number of Topliss-reactive ketones (excluding diaryl/α,β-unsaturated/α-hetero) is 1. The van der Waals surface area contributed by atoms with E-state index >= 15 is 0 Å². The molecule has 1 aromatic carbocycles. The summed E-state index contributed by atoms with van der Waals surface area (Å²) in [6.07, 6.45) is 0. The molecule has 0 saturated carbocycles. The molecule has 0 saturated heterocycles. The van der Waals surface area contributed by atoms with E-state index < -0.39 is 5.38 Å². The number of alkyl halides is 2. The molecule has 76 valence electrons. The minimum atomic E-state index is -0.676. The van der Waals surface area contributed by atoms with Crippen LogP contribution >= 0.6 is 27.5 Å². The van der Waals surface area contributed by atoms with Crippen LogP contribution in [0.15, 0.2) is 18.2 Å². The number of carbonyl (C=O) groups is 1.